The summed E-state index contributed by atoms with van der Waals surface area (Å²) in [6.07, 6.45) is 7.02. The van der Waals surface area contributed by atoms with Gasteiger partial charge in [0.15, 0.2) is 0 Å². The number of hydrogen-bond acceptors (Lipinski definition) is 4. The smallest absolute Gasteiger partial charge is 0.107 e. The molecule has 0 bridgehead atoms. The molecule has 0 saturated carbocycles. The standard InChI is InChI=1S/C14H25N3S/c1-3-5-12-10-17(11-14-15-7-8-18-14)13(6-4-2)9-16-12/h7-8,12-13,16H,3-6,9-11H2,1-2H3. The number of nitrogens with one attached hydrogen (secondary N) is 1. The molecule has 0 spiro atoms. The van der Waals surface area contributed by atoms with Crippen molar-refractivity contribution in [3.8, 4) is 0 Å². The van der Waals surface area contributed by atoms with Gasteiger partial charge in [0, 0.05) is 36.8 Å². The highest BCUT2D eigenvalue weighted by molar-refractivity contribution is 7.09. The molecule has 0 aromatic carbocycles. The van der Waals surface area contributed by atoms with E-state index >= 15 is 0 Å². The first-order valence-corrected chi connectivity index (χ1v) is 8.07. The second-order valence-corrected chi connectivity index (χ2v) is 6.17. The normalized spacial score (nSPS) is 25.4. The van der Waals surface area contributed by atoms with Crippen LogP contribution in [0.15, 0.2) is 11.6 Å². The third kappa shape index (κ3) is 3.77. The number of rotatable bonds is 6. The molecule has 18 heavy (non-hydrogen) atoms. The van der Waals surface area contributed by atoms with Crippen molar-refractivity contribution in [2.24, 2.45) is 0 Å². The van der Waals surface area contributed by atoms with Crippen LogP contribution in [-0.2, 0) is 6.54 Å². The summed E-state index contributed by atoms with van der Waals surface area (Å²) in [6.45, 7) is 7.90. The molecule has 1 aromatic rings. The van der Waals surface area contributed by atoms with E-state index in [-0.39, 0.29) is 0 Å². The lowest BCUT2D eigenvalue weighted by Crippen LogP contribution is -2.55. The van der Waals surface area contributed by atoms with Crippen molar-refractivity contribution in [2.75, 3.05) is 13.1 Å². The number of aromatic nitrogens is 1. The molecule has 1 aromatic heterocycles. The minimum absolute atomic E-state index is 0.670. The molecule has 1 aliphatic rings. The summed E-state index contributed by atoms with van der Waals surface area (Å²) < 4.78 is 0. The van der Waals surface area contributed by atoms with E-state index in [4.69, 9.17) is 0 Å². The van der Waals surface area contributed by atoms with Gasteiger partial charge < -0.3 is 5.32 Å². The highest BCUT2D eigenvalue weighted by Gasteiger charge is 2.27. The molecular formula is C14H25N3S. The Bertz CT molecular complexity index is 326. The second kappa shape index (κ2) is 7.22. The maximum Gasteiger partial charge on any atom is 0.107 e. The van der Waals surface area contributed by atoms with Crippen molar-refractivity contribution in [2.45, 2.75) is 58.2 Å². The van der Waals surface area contributed by atoms with Gasteiger partial charge in [-0.2, -0.15) is 0 Å². The zero-order valence-corrected chi connectivity index (χ0v) is 12.4. The maximum atomic E-state index is 4.43. The van der Waals surface area contributed by atoms with Gasteiger partial charge in [0.2, 0.25) is 0 Å². The fourth-order valence-corrected chi connectivity index (χ4v) is 3.43. The fraction of sp³-hybridized carbons (Fsp3) is 0.786. The van der Waals surface area contributed by atoms with E-state index in [1.54, 1.807) is 11.3 Å². The van der Waals surface area contributed by atoms with Crippen molar-refractivity contribution >= 4 is 11.3 Å². The van der Waals surface area contributed by atoms with Crippen LogP contribution in [0.3, 0.4) is 0 Å². The van der Waals surface area contributed by atoms with Crippen molar-refractivity contribution in [3.05, 3.63) is 16.6 Å². The molecular weight excluding hydrogens is 242 g/mol. The summed E-state index contributed by atoms with van der Waals surface area (Å²) in [5.74, 6) is 0. The van der Waals surface area contributed by atoms with Crippen LogP contribution in [-0.4, -0.2) is 35.1 Å². The first-order valence-electron chi connectivity index (χ1n) is 7.19. The average Bonchev–Trinajstić information content (AvgIpc) is 2.86. The Labute approximate surface area is 115 Å². The van der Waals surface area contributed by atoms with Crippen LogP contribution >= 0.6 is 11.3 Å². The molecule has 0 aliphatic carbocycles. The van der Waals surface area contributed by atoms with Gasteiger partial charge in [-0.15, -0.1) is 11.3 Å². The Kier molecular flexibility index (Phi) is 5.60. The van der Waals surface area contributed by atoms with E-state index in [1.807, 2.05) is 6.20 Å². The van der Waals surface area contributed by atoms with Gasteiger partial charge in [-0.3, -0.25) is 4.90 Å². The van der Waals surface area contributed by atoms with Gasteiger partial charge in [0.05, 0.1) is 6.54 Å². The molecule has 1 fully saturated rings. The predicted octanol–water partition coefficient (Wildman–Crippen LogP) is 2.89. The summed E-state index contributed by atoms with van der Waals surface area (Å²) in [5, 5.41) is 7.04. The summed E-state index contributed by atoms with van der Waals surface area (Å²) in [6, 6.07) is 1.36. The van der Waals surface area contributed by atoms with E-state index < -0.39 is 0 Å². The Morgan fingerprint density at radius 1 is 1.39 bits per heavy atom. The second-order valence-electron chi connectivity index (χ2n) is 5.19. The van der Waals surface area contributed by atoms with Crippen LogP contribution < -0.4 is 5.32 Å². The monoisotopic (exact) mass is 267 g/mol. The Morgan fingerprint density at radius 3 is 2.89 bits per heavy atom. The van der Waals surface area contributed by atoms with E-state index in [2.05, 4.69) is 34.4 Å². The van der Waals surface area contributed by atoms with Crippen LogP contribution in [0.2, 0.25) is 0 Å². The highest BCUT2D eigenvalue weighted by atomic mass is 32.1. The first-order chi connectivity index (χ1) is 8.83. The molecule has 2 rings (SSSR count). The van der Waals surface area contributed by atoms with Crippen LogP contribution in [0.4, 0.5) is 0 Å². The lowest BCUT2D eigenvalue weighted by molar-refractivity contribution is 0.111. The van der Waals surface area contributed by atoms with Crippen LogP contribution in [0, 0.1) is 0 Å². The third-order valence-electron chi connectivity index (χ3n) is 3.69. The number of nitrogens with zero attached hydrogens (tertiary/aromatic N) is 2. The lowest BCUT2D eigenvalue weighted by Gasteiger charge is -2.40. The molecule has 2 heterocycles. The van der Waals surface area contributed by atoms with Crippen molar-refractivity contribution < 1.29 is 0 Å². The quantitative estimate of drug-likeness (QED) is 0.859. The largest absolute Gasteiger partial charge is 0.311 e. The Balaban J connectivity index is 1.95. The van der Waals surface area contributed by atoms with Gasteiger partial charge in [-0.1, -0.05) is 26.7 Å². The zero-order valence-electron chi connectivity index (χ0n) is 11.6. The van der Waals surface area contributed by atoms with E-state index in [9.17, 15) is 0 Å². The topological polar surface area (TPSA) is 28.2 Å². The SMILES string of the molecule is CCCC1CN(Cc2nccs2)C(CCC)CN1. The highest BCUT2D eigenvalue weighted by Crippen LogP contribution is 2.18. The molecule has 0 radical (unpaired) electrons. The van der Waals surface area contributed by atoms with Crippen molar-refractivity contribution in [1.29, 1.82) is 0 Å². The zero-order chi connectivity index (χ0) is 12.8. The van der Waals surface area contributed by atoms with Crippen LogP contribution in [0.25, 0.3) is 0 Å². The Morgan fingerprint density at radius 2 is 2.22 bits per heavy atom. The summed E-state index contributed by atoms with van der Waals surface area (Å²) >= 11 is 1.78. The van der Waals surface area contributed by atoms with Gasteiger partial charge in [-0.25, -0.2) is 4.98 Å². The minimum Gasteiger partial charge on any atom is -0.311 e. The van der Waals surface area contributed by atoms with Crippen LogP contribution in [0.1, 0.15) is 44.5 Å². The molecule has 1 saturated heterocycles. The number of hydrogen-bond donors (Lipinski definition) is 1. The summed E-state index contributed by atoms with van der Waals surface area (Å²) in [7, 11) is 0. The summed E-state index contributed by atoms with van der Waals surface area (Å²) in [5.41, 5.74) is 0. The van der Waals surface area contributed by atoms with Gasteiger partial charge in [-0.05, 0) is 12.8 Å². The van der Waals surface area contributed by atoms with E-state index in [0.717, 1.165) is 13.1 Å². The van der Waals surface area contributed by atoms with Crippen molar-refractivity contribution in [3.63, 3.8) is 0 Å². The van der Waals surface area contributed by atoms with E-state index in [1.165, 1.54) is 37.2 Å². The molecule has 1 N–H and O–H groups in total. The molecule has 0 amide bonds. The number of thiazole rings is 1. The minimum atomic E-state index is 0.670. The average molecular weight is 267 g/mol. The fourth-order valence-electron chi connectivity index (χ4n) is 2.79. The van der Waals surface area contributed by atoms with Gasteiger partial charge in [0.1, 0.15) is 5.01 Å². The lowest BCUT2D eigenvalue weighted by atomic mass is 10.0. The molecule has 4 heteroatoms. The Hall–Kier alpha value is -0.450. The molecule has 3 nitrogen and oxygen atoms in total. The maximum absolute atomic E-state index is 4.43. The van der Waals surface area contributed by atoms with Crippen LogP contribution in [0.5, 0.6) is 0 Å². The molecule has 102 valence electrons. The number of piperazine rings is 1. The van der Waals surface area contributed by atoms with Gasteiger partial charge >= 0.3 is 0 Å². The van der Waals surface area contributed by atoms with Crippen molar-refractivity contribution in [1.82, 2.24) is 15.2 Å². The first kappa shape index (κ1) is 14.0. The molecule has 2 unspecified atom stereocenters. The van der Waals surface area contributed by atoms with E-state index in [0.29, 0.717) is 12.1 Å². The molecule has 1 aliphatic heterocycles. The van der Waals surface area contributed by atoms with Gasteiger partial charge in [0.25, 0.3) is 0 Å². The molecule has 2 atom stereocenters. The third-order valence-corrected chi connectivity index (χ3v) is 4.46. The predicted molar refractivity (Wildman–Crippen MR) is 77.9 cm³/mol. The summed E-state index contributed by atoms with van der Waals surface area (Å²) in [4.78, 5) is 7.07.